The van der Waals surface area contributed by atoms with Crippen molar-refractivity contribution in [3.8, 4) is 5.69 Å². The molecule has 0 amide bonds. The van der Waals surface area contributed by atoms with Gasteiger partial charge < -0.3 is 5.32 Å². The average Bonchev–Trinajstić information content (AvgIpc) is 3.21. The van der Waals surface area contributed by atoms with Gasteiger partial charge in [0, 0.05) is 23.8 Å². The zero-order valence-electron chi connectivity index (χ0n) is 14.5. The molecule has 130 valence electrons. The summed E-state index contributed by atoms with van der Waals surface area (Å²) < 4.78 is 15.5. The highest BCUT2D eigenvalue weighted by Crippen LogP contribution is 2.41. The van der Waals surface area contributed by atoms with Gasteiger partial charge in [-0.2, -0.15) is 16.4 Å². The Bertz CT molecular complexity index is 867. The van der Waals surface area contributed by atoms with Crippen LogP contribution < -0.4 is 5.32 Å². The van der Waals surface area contributed by atoms with Crippen molar-refractivity contribution in [3.05, 3.63) is 69.9 Å². The lowest BCUT2D eigenvalue weighted by Crippen LogP contribution is -2.33. The Labute approximate surface area is 151 Å². The fraction of sp³-hybridized carbons (Fsp3) is 0.350. The first kappa shape index (κ1) is 16.5. The fourth-order valence-corrected chi connectivity index (χ4v) is 4.36. The monoisotopic (exact) mass is 355 g/mol. The van der Waals surface area contributed by atoms with Crippen LogP contribution in [0.4, 0.5) is 4.39 Å². The Hall–Kier alpha value is -1.98. The van der Waals surface area contributed by atoms with E-state index in [4.69, 9.17) is 0 Å². The molecule has 2 aromatic heterocycles. The maximum Gasteiger partial charge on any atom is 0.125 e. The lowest BCUT2D eigenvalue weighted by Gasteiger charge is -2.36. The number of nitrogens with zero attached hydrogens (tertiary/aromatic N) is 2. The van der Waals surface area contributed by atoms with Gasteiger partial charge in [0.05, 0.1) is 11.9 Å². The molecule has 3 nitrogen and oxygen atoms in total. The highest BCUT2D eigenvalue weighted by molar-refractivity contribution is 7.07. The molecule has 1 N–H and O–H groups in total. The normalized spacial score (nSPS) is 18.9. The second kappa shape index (κ2) is 6.39. The molecule has 0 aliphatic heterocycles. The Morgan fingerprint density at radius 3 is 3.00 bits per heavy atom. The van der Waals surface area contributed by atoms with Crippen molar-refractivity contribution < 1.29 is 4.39 Å². The molecule has 0 bridgehead atoms. The van der Waals surface area contributed by atoms with Crippen LogP contribution in [0.15, 0.2) is 47.3 Å². The average molecular weight is 355 g/mol. The van der Waals surface area contributed by atoms with E-state index >= 15 is 0 Å². The minimum Gasteiger partial charge on any atom is -0.306 e. The number of nitrogens with one attached hydrogen (secondary N) is 1. The summed E-state index contributed by atoms with van der Waals surface area (Å²) in [5.74, 6) is -0.232. The van der Waals surface area contributed by atoms with E-state index < -0.39 is 0 Å². The maximum absolute atomic E-state index is 13.6. The summed E-state index contributed by atoms with van der Waals surface area (Å²) in [5.41, 5.74) is 4.69. The van der Waals surface area contributed by atoms with E-state index in [1.54, 1.807) is 23.5 Å². The summed E-state index contributed by atoms with van der Waals surface area (Å²) in [5, 5.41) is 12.6. The summed E-state index contributed by atoms with van der Waals surface area (Å²) in [4.78, 5) is 0. The molecule has 2 heterocycles. The van der Waals surface area contributed by atoms with Crippen molar-refractivity contribution in [1.29, 1.82) is 0 Å². The number of halogens is 1. The number of hydrogen-bond acceptors (Lipinski definition) is 3. The van der Waals surface area contributed by atoms with E-state index in [2.05, 4.69) is 41.1 Å². The smallest absolute Gasteiger partial charge is 0.125 e. The van der Waals surface area contributed by atoms with Crippen LogP contribution in [0, 0.1) is 11.2 Å². The van der Waals surface area contributed by atoms with Crippen molar-refractivity contribution in [2.45, 2.75) is 39.3 Å². The molecule has 1 aliphatic rings. The van der Waals surface area contributed by atoms with Crippen LogP contribution in [-0.2, 0) is 13.0 Å². The number of aromatic nitrogens is 2. The minimum absolute atomic E-state index is 0.171. The van der Waals surface area contributed by atoms with Gasteiger partial charge in [0.25, 0.3) is 0 Å². The van der Waals surface area contributed by atoms with Crippen molar-refractivity contribution in [2.24, 2.45) is 5.41 Å². The molecule has 0 saturated carbocycles. The Morgan fingerprint density at radius 2 is 2.24 bits per heavy atom. The molecular weight excluding hydrogens is 333 g/mol. The van der Waals surface area contributed by atoms with Gasteiger partial charge in [0.1, 0.15) is 5.82 Å². The van der Waals surface area contributed by atoms with Gasteiger partial charge in [-0.25, -0.2) is 9.07 Å². The summed E-state index contributed by atoms with van der Waals surface area (Å²) in [7, 11) is 0. The lowest BCUT2D eigenvalue weighted by atomic mass is 9.74. The Balaban J connectivity index is 1.67. The van der Waals surface area contributed by atoms with Crippen LogP contribution in [0.25, 0.3) is 5.69 Å². The van der Waals surface area contributed by atoms with Crippen molar-refractivity contribution in [1.82, 2.24) is 15.1 Å². The Kier molecular flexibility index (Phi) is 4.21. The first-order valence-corrected chi connectivity index (χ1v) is 9.53. The largest absolute Gasteiger partial charge is 0.306 e. The molecular formula is C20H22FN3S. The molecule has 1 aliphatic carbocycles. The van der Waals surface area contributed by atoms with Crippen molar-refractivity contribution in [2.75, 3.05) is 0 Å². The van der Waals surface area contributed by atoms with E-state index in [0.717, 1.165) is 25.1 Å². The summed E-state index contributed by atoms with van der Waals surface area (Å²) in [6.45, 7) is 5.44. The lowest BCUT2D eigenvalue weighted by molar-refractivity contribution is 0.253. The fourth-order valence-electron chi connectivity index (χ4n) is 3.69. The minimum atomic E-state index is -0.232. The first-order valence-electron chi connectivity index (χ1n) is 8.59. The molecule has 25 heavy (non-hydrogen) atoms. The SMILES string of the molecule is CC1(C)Cc2c(cnn2-c2cccc(F)c2)C(NCc2ccsc2)C1. The van der Waals surface area contributed by atoms with Gasteiger partial charge in [-0.15, -0.1) is 0 Å². The molecule has 5 heteroatoms. The third-order valence-corrected chi connectivity index (χ3v) is 5.60. The van der Waals surface area contributed by atoms with E-state index in [9.17, 15) is 4.39 Å². The van der Waals surface area contributed by atoms with Crippen LogP contribution in [0.3, 0.4) is 0 Å². The van der Waals surface area contributed by atoms with Gasteiger partial charge in [0.15, 0.2) is 0 Å². The van der Waals surface area contributed by atoms with Gasteiger partial charge >= 0.3 is 0 Å². The molecule has 3 aromatic rings. The zero-order valence-corrected chi connectivity index (χ0v) is 15.3. The molecule has 0 radical (unpaired) electrons. The van der Waals surface area contributed by atoms with Crippen molar-refractivity contribution >= 4 is 11.3 Å². The van der Waals surface area contributed by atoms with Gasteiger partial charge in [0.2, 0.25) is 0 Å². The summed E-state index contributed by atoms with van der Waals surface area (Å²) in [6.07, 6.45) is 3.95. The third-order valence-electron chi connectivity index (χ3n) is 4.86. The molecule has 1 atom stereocenters. The third kappa shape index (κ3) is 3.39. The molecule has 1 unspecified atom stereocenters. The molecule has 0 fully saturated rings. The second-order valence-corrected chi connectivity index (χ2v) is 8.33. The van der Waals surface area contributed by atoms with E-state index in [1.807, 2.05) is 16.9 Å². The molecule has 0 spiro atoms. The predicted octanol–water partition coefficient (Wildman–Crippen LogP) is 4.88. The van der Waals surface area contributed by atoms with E-state index in [0.29, 0.717) is 0 Å². The van der Waals surface area contributed by atoms with Crippen LogP contribution >= 0.6 is 11.3 Å². The topological polar surface area (TPSA) is 29.9 Å². The van der Waals surface area contributed by atoms with Gasteiger partial charge in [-0.1, -0.05) is 19.9 Å². The number of rotatable bonds is 4. The van der Waals surface area contributed by atoms with Crippen LogP contribution in [-0.4, -0.2) is 9.78 Å². The quantitative estimate of drug-likeness (QED) is 0.723. The maximum atomic E-state index is 13.6. The molecule has 1 aromatic carbocycles. The van der Waals surface area contributed by atoms with Crippen molar-refractivity contribution in [3.63, 3.8) is 0 Å². The van der Waals surface area contributed by atoms with E-state index in [1.165, 1.54) is 22.9 Å². The summed E-state index contributed by atoms with van der Waals surface area (Å²) >= 11 is 1.72. The molecule has 0 saturated heterocycles. The number of fused-ring (bicyclic) bond motifs is 1. The second-order valence-electron chi connectivity index (χ2n) is 7.55. The number of thiophene rings is 1. The standard InChI is InChI=1S/C20H22FN3S/c1-20(2)9-18(22-11-14-6-7-25-13-14)17-12-23-24(19(17)10-20)16-5-3-4-15(21)8-16/h3-8,12-13,18,22H,9-11H2,1-2H3. The first-order chi connectivity index (χ1) is 12.0. The van der Waals surface area contributed by atoms with E-state index in [-0.39, 0.29) is 17.3 Å². The highest BCUT2D eigenvalue weighted by Gasteiger charge is 2.35. The highest BCUT2D eigenvalue weighted by atomic mass is 32.1. The number of benzene rings is 1. The van der Waals surface area contributed by atoms with Crippen LogP contribution in [0.5, 0.6) is 0 Å². The van der Waals surface area contributed by atoms with Gasteiger partial charge in [-0.05, 0) is 58.8 Å². The summed E-state index contributed by atoms with van der Waals surface area (Å²) in [6, 6.07) is 9.08. The number of hydrogen-bond donors (Lipinski definition) is 1. The van der Waals surface area contributed by atoms with Crippen LogP contribution in [0.2, 0.25) is 0 Å². The predicted molar refractivity (Wildman–Crippen MR) is 99.5 cm³/mol. The Morgan fingerprint density at radius 1 is 1.36 bits per heavy atom. The molecule has 4 rings (SSSR count). The van der Waals surface area contributed by atoms with Gasteiger partial charge in [-0.3, -0.25) is 0 Å². The van der Waals surface area contributed by atoms with Crippen LogP contribution in [0.1, 0.15) is 43.1 Å². The zero-order chi connectivity index (χ0) is 17.4.